The summed E-state index contributed by atoms with van der Waals surface area (Å²) in [5.74, 6) is -0.616. The van der Waals surface area contributed by atoms with Crippen LogP contribution in [0.4, 0.5) is 0 Å². The van der Waals surface area contributed by atoms with Gasteiger partial charge in [-0.25, -0.2) is 0 Å². The lowest BCUT2D eigenvalue weighted by Gasteiger charge is -2.28. The Hall–Kier alpha value is -1.72. The summed E-state index contributed by atoms with van der Waals surface area (Å²) in [5, 5.41) is 10.7. The van der Waals surface area contributed by atoms with Crippen molar-refractivity contribution in [2.24, 2.45) is 0 Å². The number of aliphatic hydroxyl groups excluding tert-OH is 1. The molecule has 1 N–H and O–H groups in total. The van der Waals surface area contributed by atoms with Crippen molar-refractivity contribution in [1.29, 1.82) is 0 Å². The maximum absolute atomic E-state index is 10.7. The van der Waals surface area contributed by atoms with Crippen LogP contribution in [0.25, 0.3) is 0 Å². The Morgan fingerprint density at radius 3 is 1.96 bits per heavy atom. The largest absolute Gasteiger partial charge is 0.389 e. The van der Waals surface area contributed by atoms with Crippen molar-refractivity contribution in [3.8, 4) is 0 Å². The number of rotatable bonds is 7. The molecule has 0 aliphatic carbocycles. The Balaban J connectivity index is 1.67. The molecule has 4 heteroatoms. The average Bonchev–Trinajstić information content (AvgIpc) is 2.97. The van der Waals surface area contributed by atoms with Crippen LogP contribution in [-0.2, 0) is 22.6 Å². The highest BCUT2D eigenvalue weighted by Crippen LogP contribution is 2.25. The summed E-state index contributed by atoms with van der Waals surface area (Å²) < 4.78 is 11.4. The molecule has 0 amide bonds. The smallest absolute Gasteiger partial charge is 0.163 e. The predicted molar refractivity (Wildman–Crippen MR) is 97.9 cm³/mol. The fourth-order valence-corrected chi connectivity index (χ4v) is 3.16. The van der Waals surface area contributed by atoms with Crippen molar-refractivity contribution in [2.75, 3.05) is 13.2 Å². The third-order valence-corrected chi connectivity index (χ3v) is 4.40. The van der Waals surface area contributed by atoms with Crippen LogP contribution in [-0.4, -0.2) is 41.2 Å². The molecule has 1 aliphatic rings. The first-order valence-corrected chi connectivity index (χ1v) is 8.82. The van der Waals surface area contributed by atoms with E-state index in [1.165, 1.54) is 11.1 Å². The van der Waals surface area contributed by atoms with Crippen LogP contribution < -0.4 is 0 Å². The maximum atomic E-state index is 10.7. The summed E-state index contributed by atoms with van der Waals surface area (Å²) in [5.41, 5.74) is 2.46. The first kappa shape index (κ1) is 18.1. The molecule has 3 rings (SSSR count). The molecule has 4 nitrogen and oxygen atoms in total. The van der Waals surface area contributed by atoms with E-state index in [4.69, 9.17) is 9.47 Å². The molecular weight excluding hydrogens is 314 g/mol. The van der Waals surface area contributed by atoms with Crippen molar-refractivity contribution < 1.29 is 14.6 Å². The van der Waals surface area contributed by atoms with Gasteiger partial charge in [-0.3, -0.25) is 4.90 Å². The molecule has 1 fully saturated rings. The Bertz CT molecular complexity index is 603. The molecule has 1 heterocycles. The van der Waals surface area contributed by atoms with Crippen molar-refractivity contribution in [3.63, 3.8) is 0 Å². The highest BCUT2D eigenvalue weighted by molar-refractivity contribution is 5.17. The molecule has 0 spiro atoms. The third kappa shape index (κ3) is 5.38. The standard InChI is InChI=1S/C21H27NO3/c1-21(2)24-16-20(25-21)19(23)15-22(13-17-9-5-3-6-10-17)14-18-11-7-4-8-12-18/h3-12,19-20,23H,13-16H2,1-2H3. The van der Waals surface area contributed by atoms with E-state index in [1.54, 1.807) is 0 Å². The van der Waals surface area contributed by atoms with Crippen LogP contribution in [0.5, 0.6) is 0 Å². The van der Waals surface area contributed by atoms with E-state index in [0.29, 0.717) is 13.2 Å². The summed E-state index contributed by atoms with van der Waals surface area (Å²) in [6, 6.07) is 20.7. The van der Waals surface area contributed by atoms with Crippen LogP contribution in [0.15, 0.2) is 60.7 Å². The molecule has 2 aromatic carbocycles. The van der Waals surface area contributed by atoms with Crippen molar-refractivity contribution in [1.82, 2.24) is 4.90 Å². The number of hydrogen-bond donors (Lipinski definition) is 1. The van der Waals surface area contributed by atoms with Gasteiger partial charge in [-0.1, -0.05) is 60.7 Å². The minimum Gasteiger partial charge on any atom is -0.389 e. The van der Waals surface area contributed by atoms with E-state index >= 15 is 0 Å². The zero-order chi connectivity index (χ0) is 17.7. The summed E-state index contributed by atoms with van der Waals surface area (Å²) in [6.45, 7) is 6.29. The van der Waals surface area contributed by atoms with Crippen LogP contribution in [0.3, 0.4) is 0 Å². The summed E-state index contributed by atoms with van der Waals surface area (Å²) in [6.07, 6.45) is -0.877. The van der Waals surface area contributed by atoms with Gasteiger partial charge in [0.25, 0.3) is 0 Å². The van der Waals surface area contributed by atoms with E-state index in [0.717, 1.165) is 13.1 Å². The SMILES string of the molecule is CC1(C)OCC(C(O)CN(Cc2ccccc2)Cc2ccccc2)O1. The Morgan fingerprint density at radius 1 is 1.00 bits per heavy atom. The molecule has 0 bridgehead atoms. The van der Waals surface area contributed by atoms with Gasteiger partial charge in [0.05, 0.1) is 12.7 Å². The molecular formula is C21H27NO3. The molecule has 1 aliphatic heterocycles. The minimum atomic E-state index is -0.616. The van der Waals surface area contributed by atoms with Gasteiger partial charge in [0.2, 0.25) is 0 Å². The van der Waals surface area contributed by atoms with Crippen LogP contribution >= 0.6 is 0 Å². The second-order valence-corrected chi connectivity index (χ2v) is 7.08. The third-order valence-electron chi connectivity index (χ3n) is 4.40. The molecule has 2 aromatic rings. The monoisotopic (exact) mass is 341 g/mol. The van der Waals surface area contributed by atoms with Crippen molar-refractivity contribution >= 4 is 0 Å². The van der Waals surface area contributed by atoms with Gasteiger partial charge in [-0.2, -0.15) is 0 Å². The van der Waals surface area contributed by atoms with Gasteiger partial charge < -0.3 is 14.6 Å². The lowest BCUT2D eigenvalue weighted by atomic mass is 10.1. The molecule has 0 saturated carbocycles. The van der Waals surface area contributed by atoms with Gasteiger partial charge in [0.1, 0.15) is 6.10 Å². The summed E-state index contributed by atoms with van der Waals surface area (Å²) in [7, 11) is 0. The number of benzene rings is 2. The van der Waals surface area contributed by atoms with Crippen LogP contribution in [0, 0.1) is 0 Å². The van der Waals surface area contributed by atoms with Crippen molar-refractivity contribution in [2.45, 2.75) is 44.9 Å². The molecule has 134 valence electrons. The fourth-order valence-electron chi connectivity index (χ4n) is 3.16. The van der Waals surface area contributed by atoms with Crippen LogP contribution in [0.2, 0.25) is 0 Å². The second-order valence-electron chi connectivity index (χ2n) is 7.08. The zero-order valence-corrected chi connectivity index (χ0v) is 15.0. The molecule has 2 atom stereocenters. The first-order chi connectivity index (χ1) is 12.0. The Labute approximate surface area is 150 Å². The Morgan fingerprint density at radius 2 is 1.52 bits per heavy atom. The lowest BCUT2D eigenvalue weighted by molar-refractivity contribution is -0.152. The molecule has 0 aromatic heterocycles. The highest BCUT2D eigenvalue weighted by atomic mass is 16.7. The van der Waals surface area contributed by atoms with E-state index in [-0.39, 0.29) is 6.10 Å². The van der Waals surface area contributed by atoms with Crippen molar-refractivity contribution in [3.05, 3.63) is 71.8 Å². The number of hydrogen-bond acceptors (Lipinski definition) is 4. The average molecular weight is 341 g/mol. The topological polar surface area (TPSA) is 41.9 Å². The molecule has 25 heavy (non-hydrogen) atoms. The Kier molecular flexibility index (Phi) is 5.86. The highest BCUT2D eigenvalue weighted by Gasteiger charge is 2.37. The van der Waals surface area contributed by atoms with Gasteiger partial charge in [-0.05, 0) is 25.0 Å². The van der Waals surface area contributed by atoms with Crippen LogP contribution in [0.1, 0.15) is 25.0 Å². The summed E-state index contributed by atoms with van der Waals surface area (Å²) >= 11 is 0. The molecule has 0 radical (unpaired) electrons. The normalized spacial score (nSPS) is 20.7. The van der Waals surface area contributed by atoms with E-state index < -0.39 is 11.9 Å². The minimum absolute atomic E-state index is 0.288. The maximum Gasteiger partial charge on any atom is 0.163 e. The molecule has 1 saturated heterocycles. The predicted octanol–water partition coefficient (Wildman–Crippen LogP) is 3.20. The zero-order valence-electron chi connectivity index (χ0n) is 15.0. The van der Waals surface area contributed by atoms with Gasteiger partial charge in [-0.15, -0.1) is 0 Å². The second kappa shape index (κ2) is 8.11. The number of aliphatic hydroxyl groups is 1. The van der Waals surface area contributed by atoms with Gasteiger partial charge in [0.15, 0.2) is 5.79 Å². The van der Waals surface area contributed by atoms with E-state index in [2.05, 4.69) is 29.2 Å². The lowest BCUT2D eigenvalue weighted by Crippen LogP contribution is -2.40. The quantitative estimate of drug-likeness (QED) is 0.840. The molecule has 2 unspecified atom stereocenters. The first-order valence-electron chi connectivity index (χ1n) is 8.82. The van der Waals surface area contributed by atoms with E-state index in [9.17, 15) is 5.11 Å². The van der Waals surface area contributed by atoms with Gasteiger partial charge >= 0.3 is 0 Å². The van der Waals surface area contributed by atoms with E-state index in [1.807, 2.05) is 50.2 Å². The number of nitrogens with zero attached hydrogens (tertiary/aromatic N) is 1. The fraction of sp³-hybridized carbons (Fsp3) is 0.429. The van der Waals surface area contributed by atoms with Gasteiger partial charge in [0, 0.05) is 19.6 Å². The number of ether oxygens (including phenoxy) is 2. The summed E-state index contributed by atoms with van der Waals surface area (Å²) in [4.78, 5) is 2.25.